The fraction of sp³-hybridized carbons (Fsp3) is 0.308. The van der Waals surface area contributed by atoms with E-state index in [0.29, 0.717) is 5.56 Å². The summed E-state index contributed by atoms with van der Waals surface area (Å²) in [5.41, 5.74) is 3.33. The van der Waals surface area contributed by atoms with Gasteiger partial charge in [-0.25, -0.2) is 4.39 Å². The average Bonchev–Trinajstić information content (AvgIpc) is 2.75. The fourth-order valence-corrected chi connectivity index (χ4v) is 5.01. The molecule has 1 N–H and O–H groups in total. The smallest absolute Gasteiger partial charge is 0.175 e. The zero-order chi connectivity index (χ0) is 21.4. The molecular formula is C26H25FO3. The molecule has 0 amide bonds. The highest BCUT2D eigenvalue weighted by Crippen LogP contribution is 2.44. The van der Waals surface area contributed by atoms with Crippen LogP contribution in [0.4, 0.5) is 4.39 Å². The zero-order valence-electron chi connectivity index (χ0n) is 17.0. The minimum atomic E-state index is -0.824. The quantitative estimate of drug-likeness (QED) is 0.641. The zero-order valence-corrected chi connectivity index (χ0v) is 17.0. The van der Waals surface area contributed by atoms with Gasteiger partial charge < -0.3 is 5.11 Å². The van der Waals surface area contributed by atoms with Crippen LogP contribution in [0.2, 0.25) is 0 Å². The van der Waals surface area contributed by atoms with Crippen molar-refractivity contribution in [2.45, 2.75) is 44.4 Å². The van der Waals surface area contributed by atoms with E-state index in [0.717, 1.165) is 42.4 Å². The summed E-state index contributed by atoms with van der Waals surface area (Å²) in [6.07, 6.45) is 6.80. The van der Waals surface area contributed by atoms with Crippen molar-refractivity contribution in [2.75, 3.05) is 0 Å². The highest BCUT2D eigenvalue weighted by molar-refractivity contribution is 6.09. The van der Waals surface area contributed by atoms with Crippen molar-refractivity contribution in [1.29, 1.82) is 0 Å². The largest absolute Gasteiger partial charge is 0.508 e. The third-order valence-electron chi connectivity index (χ3n) is 6.58. The van der Waals surface area contributed by atoms with Gasteiger partial charge in [0.15, 0.2) is 11.6 Å². The summed E-state index contributed by atoms with van der Waals surface area (Å²) in [7, 11) is 0. The summed E-state index contributed by atoms with van der Waals surface area (Å²) in [5.74, 6) is -1.36. The normalized spacial score (nSPS) is 23.5. The van der Waals surface area contributed by atoms with Crippen LogP contribution in [-0.4, -0.2) is 16.7 Å². The first-order valence-electron chi connectivity index (χ1n) is 10.4. The number of phenols is 1. The lowest BCUT2D eigenvalue weighted by molar-refractivity contribution is -0.119. The second-order valence-electron chi connectivity index (χ2n) is 8.32. The predicted molar refractivity (Wildman–Crippen MR) is 115 cm³/mol. The maximum atomic E-state index is 14.5. The molecule has 0 aromatic heterocycles. The maximum Gasteiger partial charge on any atom is 0.175 e. The molecule has 1 saturated carbocycles. The van der Waals surface area contributed by atoms with E-state index in [1.165, 1.54) is 24.3 Å². The third kappa shape index (κ3) is 3.41. The molecule has 0 bridgehead atoms. The van der Waals surface area contributed by atoms with Gasteiger partial charge in [-0.2, -0.15) is 0 Å². The van der Waals surface area contributed by atoms with Gasteiger partial charge in [-0.1, -0.05) is 42.5 Å². The second-order valence-corrected chi connectivity index (χ2v) is 8.32. The molecule has 4 rings (SSSR count). The number of halogens is 1. The number of hydrogen-bond acceptors (Lipinski definition) is 3. The Kier molecular flexibility index (Phi) is 5.42. The number of benzene rings is 2. The highest BCUT2D eigenvalue weighted by atomic mass is 19.1. The van der Waals surface area contributed by atoms with Crippen molar-refractivity contribution >= 4 is 17.6 Å². The van der Waals surface area contributed by atoms with Gasteiger partial charge in [0, 0.05) is 17.0 Å². The van der Waals surface area contributed by atoms with Crippen LogP contribution in [-0.2, 0) is 4.79 Å². The third-order valence-corrected chi connectivity index (χ3v) is 6.58. The van der Waals surface area contributed by atoms with Gasteiger partial charge in [0.1, 0.15) is 11.6 Å². The minimum absolute atomic E-state index is 0.0377. The van der Waals surface area contributed by atoms with Crippen LogP contribution >= 0.6 is 0 Å². The minimum Gasteiger partial charge on any atom is -0.508 e. The number of carbonyl (C=O) groups is 2. The molecule has 1 fully saturated rings. The molecule has 154 valence electrons. The van der Waals surface area contributed by atoms with Gasteiger partial charge in [0.05, 0.1) is 5.92 Å². The van der Waals surface area contributed by atoms with E-state index in [1.54, 1.807) is 6.07 Å². The molecule has 2 aliphatic rings. The maximum absolute atomic E-state index is 14.5. The van der Waals surface area contributed by atoms with Crippen LogP contribution in [0.15, 0.2) is 54.6 Å². The molecule has 0 spiro atoms. The van der Waals surface area contributed by atoms with Crippen LogP contribution in [0.3, 0.4) is 0 Å². The second kappa shape index (κ2) is 8.02. The lowest BCUT2D eigenvalue weighted by atomic mass is 9.72. The first-order valence-corrected chi connectivity index (χ1v) is 10.4. The summed E-state index contributed by atoms with van der Waals surface area (Å²) >= 11 is 0. The Balaban J connectivity index is 1.69. The fourth-order valence-electron chi connectivity index (χ4n) is 5.01. The number of aromatic hydroxyl groups is 1. The molecule has 0 aliphatic heterocycles. The van der Waals surface area contributed by atoms with Crippen molar-refractivity contribution < 1.29 is 19.1 Å². The molecule has 4 heteroatoms. The lowest BCUT2D eigenvalue weighted by Gasteiger charge is -2.31. The molecule has 3 nitrogen and oxygen atoms in total. The van der Waals surface area contributed by atoms with Gasteiger partial charge in [-0.15, -0.1) is 0 Å². The van der Waals surface area contributed by atoms with E-state index in [9.17, 15) is 19.1 Å². The molecule has 1 unspecified atom stereocenters. The van der Waals surface area contributed by atoms with E-state index in [4.69, 9.17) is 0 Å². The molecule has 2 aliphatic carbocycles. The van der Waals surface area contributed by atoms with Gasteiger partial charge in [0.25, 0.3) is 0 Å². The number of fused-ring (bicyclic) bond motifs is 1. The van der Waals surface area contributed by atoms with Gasteiger partial charge >= 0.3 is 0 Å². The Morgan fingerprint density at radius 1 is 1.13 bits per heavy atom. The van der Waals surface area contributed by atoms with E-state index >= 15 is 0 Å². The van der Waals surface area contributed by atoms with Crippen LogP contribution in [0.1, 0.15) is 71.5 Å². The molecular weight excluding hydrogens is 379 g/mol. The first kappa shape index (κ1) is 20.3. The van der Waals surface area contributed by atoms with E-state index < -0.39 is 11.7 Å². The van der Waals surface area contributed by atoms with Gasteiger partial charge in [-0.3, -0.25) is 9.59 Å². The molecule has 1 atom stereocenters. The Morgan fingerprint density at radius 3 is 2.50 bits per heavy atom. The molecule has 2 aromatic rings. The first-order chi connectivity index (χ1) is 14.4. The summed E-state index contributed by atoms with van der Waals surface area (Å²) in [6, 6.07) is 9.82. The predicted octanol–water partition coefficient (Wildman–Crippen LogP) is 5.94. The summed E-state index contributed by atoms with van der Waals surface area (Å²) in [4.78, 5) is 25.3. The van der Waals surface area contributed by atoms with Crippen LogP contribution in [0.25, 0.3) is 6.08 Å². The summed E-state index contributed by atoms with van der Waals surface area (Å²) in [6.45, 7) is 5.41. The standard InChI is InChI=1S/C26H25FO3/c1-3-22(28)17-12-10-16(11-13-17)18-6-4-7-19-20(18)14-15(2)24(26(19)30)25-21(27)8-5-9-23(25)29/h3-9,14,16-17,24,29H,1,10-13H2,2H3. The molecule has 0 radical (unpaired) electrons. The Labute approximate surface area is 175 Å². The van der Waals surface area contributed by atoms with E-state index in [2.05, 4.69) is 12.6 Å². The summed E-state index contributed by atoms with van der Waals surface area (Å²) < 4.78 is 14.5. The highest BCUT2D eigenvalue weighted by Gasteiger charge is 2.35. The van der Waals surface area contributed by atoms with E-state index in [-0.39, 0.29) is 34.7 Å². The number of carbonyl (C=O) groups excluding carboxylic acids is 2. The van der Waals surface area contributed by atoms with Crippen molar-refractivity contribution in [2.24, 2.45) is 5.92 Å². The van der Waals surface area contributed by atoms with Gasteiger partial charge in [0.2, 0.25) is 0 Å². The number of allylic oxidation sites excluding steroid dienone is 2. The SMILES string of the molecule is C=CC(=O)C1CCC(c2cccc3c2C=C(C)C(c2c(O)cccc2F)C3=O)CC1. The van der Waals surface area contributed by atoms with Gasteiger partial charge in [-0.05, 0) is 67.9 Å². The number of Topliss-reactive ketones (excluding diaryl/α,β-unsaturated/α-hetero) is 1. The number of phenolic OH excluding ortho intramolecular Hbond substituents is 1. The molecule has 0 saturated heterocycles. The van der Waals surface area contributed by atoms with Crippen LogP contribution < -0.4 is 0 Å². The van der Waals surface area contributed by atoms with Crippen LogP contribution in [0.5, 0.6) is 5.75 Å². The topological polar surface area (TPSA) is 54.4 Å². The van der Waals surface area contributed by atoms with Crippen molar-refractivity contribution in [3.05, 3.63) is 82.7 Å². The van der Waals surface area contributed by atoms with Crippen LogP contribution in [0, 0.1) is 11.7 Å². The number of hydrogen-bond donors (Lipinski definition) is 1. The van der Waals surface area contributed by atoms with Crippen molar-refractivity contribution in [1.82, 2.24) is 0 Å². The Hall–Kier alpha value is -3.01. The molecule has 30 heavy (non-hydrogen) atoms. The molecule has 0 heterocycles. The van der Waals surface area contributed by atoms with Crippen molar-refractivity contribution in [3.63, 3.8) is 0 Å². The number of ketones is 2. The monoisotopic (exact) mass is 404 g/mol. The molecule has 2 aromatic carbocycles. The Bertz CT molecular complexity index is 1040. The van der Waals surface area contributed by atoms with Crippen molar-refractivity contribution in [3.8, 4) is 5.75 Å². The Morgan fingerprint density at radius 2 is 1.83 bits per heavy atom. The lowest BCUT2D eigenvalue weighted by Crippen LogP contribution is -2.23. The van der Waals surface area contributed by atoms with E-state index in [1.807, 2.05) is 19.1 Å². The summed E-state index contributed by atoms with van der Waals surface area (Å²) in [5, 5.41) is 10.2. The average molecular weight is 404 g/mol. The number of rotatable bonds is 4.